The Morgan fingerprint density at radius 2 is 1.86 bits per heavy atom. The largest absolute Gasteiger partial charge is 0.481 e. The number of amides is 2. The van der Waals surface area contributed by atoms with Gasteiger partial charge in [-0.3, -0.25) is 9.59 Å². The summed E-state index contributed by atoms with van der Waals surface area (Å²) in [4.78, 5) is 28.2. The lowest BCUT2D eigenvalue weighted by molar-refractivity contribution is -0.127. The molecule has 0 radical (unpaired) electrons. The predicted octanol–water partition coefficient (Wildman–Crippen LogP) is 5.46. The summed E-state index contributed by atoms with van der Waals surface area (Å²) >= 11 is 0. The predicted molar refractivity (Wildman–Crippen MR) is 141 cm³/mol. The van der Waals surface area contributed by atoms with Crippen LogP contribution in [0.25, 0.3) is 0 Å². The van der Waals surface area contributed by atoms with Crippen LogP contribution in [0.2, 0.25) is 0 Å². The quantitative estimate of drug-likeness (QED) is 0.370. The Hall–Kier alpha value is -4.32. The fourth-order valence-electron chi connectivity index (χ4n) is 4.82. The van der Waals surface area contributed by atoms with Gasteiger partial charge >= 0.3 is 0 Å². The maximum Gasteiger partial charge on any atom is 0.261 e. The summed E-state index contributed by atoms with van der Waals surface area (Å²) in [7, 11) is 0. The second-order valence-corrected chi connectivity index (χ2v) is 9.35. The third kappa shape index (κ3) is 5.43. The van der Waals surface area contributed by atoms with Crippen molar-refractivity contribution >= 4 is 11.8 Å². The monoisotopic (exact) mass is 494 g/mol. The lowest BCUT2D eigenvalue weighted by Gasteiger charge is -2.38. The minimum atomic E-state index is -0.698. The van der Waals surface area contributed by atoms with E-state index in [4.69, 9.17) is 9.15 Å². The van der Waals surface area contributed by atoms with Gasteiger partial charge in [0.1, 0.15) is 11.5 Å². The molecule has 0 spiro atoms. The summed E-state index contributed by atoms with van der Waals surface area (Å²) < 4.78 is 11.3. The zero-order valence-corrected chi connectivity index (χ0v) is 21.0. The summed E-state index contributed by atoms with van der Waals surface area (Å²) in [5.41, 5.74) is 5.03. The first-order valence-corrected chi connectivity index (χ1v) is 12.5. The van der Waals surface area contributed by atoms with Crippen LogP contribution in [0.5, 0.6) is 5.75 Å². The molecule has 5 rings (SSSR count). The molecule has 1 aliphatic rings. The van der Waals surface area contributed by atoms with Crippen LogP contribution in [-0.4, -0.2) is 29.4 Å². The highest BCUT2D eigenvalue weighted by Gasteiger charge is 2.33. The average Bonchev–Trinajstić information content (AvgIpc) is 3.45. The van der Waals surface area contributed by atoms with E-state index in [0.29, 0.717) is 30.2 Å². The summed E-state index contributed by atoms with van der Waals surface area (Å²) in [5.74, 6) is 1.03. The summed E-state index contributed by atoms with van der Waals surface area (Å²) in [6, 6.07) is 26.9. The Morgan fingerprint density at radius 3 is 2.62 bits per heavy atom. The second kappa shape index (κ2) is 10.7. The number of benzene rings is 3. The number of rotatable bonds is 7. The van der Waals surface area contributed by atoms with Crippen LogP contribution in [-0.2, 0) is 17.8 Å². The number of nitrogens with one attached hydrogen (secondary N) is 1. The van der Waals surface area contributed by atoms with E-state index in [-0.39, 0.29) is 17.9 Å². The van der Waals surface area contributed by atoms with Gasteiger partial charge in [-0.05, 0) is 73.4 Å². The standard InChI is InChI=1S/C31H30N2O4/c1-21-8-6-11-25(18-21)29-28-19-26(37-22(2)30(34)32-20-27-12-7-17-36-27)14-13-23(28)15-16-33(29)31(35)24-9-4-3-5-10-24/h3-14,17-19,22,29H,15-16,20H2,1-2H3,(H,32,34)/t22-,29+/m0/s1. The van der Waals surface area contributed by atoms with Gasteiger partial charge in [0.05, 0.1) is 18.8 Å². The van der Waals surface area contributed by atoms with E-state index in [0.717, 1.165) is 23.1 Å². The van der Waals surface area contributed by atoms with Crippen molar-refractivity contribution in [1.82, 2.24) is 10.2 Å². The second-order valence-electron chi connectivity index (χ2n) is 9.35. The Morgan fingerprint density at radius 1 is 1.03 bits per heavy atom. The van der Waals surface area contributed by atoms with Crippen LogP contribution in [0.4, 0.5) is 0 Å². The fourth-order valence-corrected chi connectivity index (χ4v) is 4.82. The Balaban J connectivity index is 1.43. The number of aryl methyl sites for hydroxylation is 1. The van der Waals surface area contributed by atoms with Crippen molar-refractivity contribution in [1.29, 1.82) is 0 Å². The van der Waals surface area contributed by atoms with E-state index in [1.54, 1.807) is 19.3 Å². The molecule has 1 aromatic heterocycles. The molecule has 0 unspecified atom stereocenters. The number of carbonyl (C=O) groups excluding carboxylic acids is 2. The molecule has 0 fully saturated rings. The van der Waals surface area contributed by atoms with Crippen LogP contribution in [0.3, 0.4) is 0 Å². The van der Waals surface area contributed by atoms with Crippen LogP contribution >= 0.6 is 0 Å². The summed E-state index contributed by atoms with van der Waals surface area (Å²) in [5, 5.41) is 2.84. The zero-order chi connectivity index (χ0) is 25.8. The normalized spacial score (nSPS) is 15.5. The molecule has 2 atom stereocenters. The molecular weight excluding hydrogens is 464 g/mol. The van der Waals surface area contributed by atoms with Gasteiger partial charge in [0, 0.05) is 12.1 Å². The topological polar surface area (TPSA) is 71.8 Å². The molecule has 0 bridgehead atoms. The lowest BCUT2D eigenvalue weighted by Crippen LogP contribution is -2.40. The highest BCUT2D eigenvalue weighted by molar-refractivity contribution is 5.95. The number of fused-ring (bicyclic) bond motifs is 1. The first-order valence-electron chi connectivity index (χ1n) is 12.5. The Bertz CT molecular complexity index is 1380. The van der Waals surface area contributed by atoms with Crippen molar-refractivity contribution in [3.05, 3.63) is 125 Å². The van der Waals surface area contributed by atoms with Crippen molar-refractivity contribution in [2.45, 2.75) is 39.0 Å². The van der Waals surface area contributed by atoms with Crippen molar-refractivity contribution in [2.24, 2.45) is 0 Å². The minimum absolute atomic E-state index is 0.00486. The Labute approximate surface area is 216 Å². The van der Waals surface area contributed by atoms with Crippen molar-refractivity contribution in [3.8, 4) is 5.75 Å². The van der Waals surface area contributed by atoms with E-state index < -0.39 is 6.10 Å². The van der Waals surface area contributed by atoms with Gasteiger partial charge in [-0.25, -0.2) is 0 Å². The number of nitrogens with zero attached hydrogens (tertiary/aromatic N) is 1. The molecule has 1 aliphatic heterocycles. The molecule has 0 saturated heterocycles. The molecule has 4 aromatic rings. The van der Waals surface area contributed by atoms with Crippen LogP contribution in [0.1, 0.15) is 51.3 Å². The van der Waals surface area contributed by atoms with Crippen molar-refractivity contribution in [3.63, 3.8) is 0 Å². The fraction of sp³-hybridized carbons (Fsp3) is 0.226. The van der Waals surface area contributed by atoms with Crippen LogP contribution < -0.4 is 10.1 Å². The number of hydrogen-bond acceptors (Lipinski definition) is 4. The highest BCUT2D eigenvalue weighted by Crippen LogP contribution is 2.38. The third-order valence-corrected chi connectivity index (χ3v) is 6.68. The lowest BCUT2D eigenvalue weighted by atomic mass is 9.87. The Kier molecular flexibility index (Phi) is 7.08. The number of carbonyl (C=O) groups is 2. The molecule has 3 aromatic carbocycles. The maximum absolute atomic E-state index is 13.6. The smallest absolute Gasteiger partial charge is 0.261 e. The van der Waals surface area contributed by atoms with E-state index in [1.165, 1.54) is 5.56 Å². The first kappa shape index (κ1) is 24.4. The molecule has 2 amide bonds. The number of ether oxygens (including phenoxy) is 1. The zero-order valence-electron chi connectivity index (χ0n) is 21.0. The highest BCUT2D eigenvalue weighted by atomic mass is 16.5. The minimum Gasteiger partial charge on any atom is -0.481 e. The van der Waals surface area contributed by atoms with Crippen molar-refractivity contribution < 1.29 is 18.7 Å². The molecule has 2 heterocycles. The van der Waals surface area contributed by atoms with Gasteiger partial charge in [-0.1, -0.05) is 54.1 Å². The average molecular weight is 495 g/mol. The van der Waals surface area contributed by atoms with Gasteiger partial charge in [-0.2, -0.15) is 0 Å². The molecule has 188 valence electrons. The molecule has 6 heteroatoms. The summed E-state index contributed by atoms with van der Waals surface area (Å²) in [6.07, 6.45) is 1.62. The molecule has 0 saturated carbocycles. The SMILES string of the molecule is Cc1cccc([C@@H]2c3cc(O[C@@H](C)C(=O)NCc4ccco4)ccc3CCN2C(=O)c2ccccc2)c1. The maximum atomic E-state index is 13.6. The molecule has 6 nitrogen and oxygen atoms in total. The number of hydrogen-bond donors (Lipinski definition) is 1. The molecule has 0 aliphatic carbocycles. The van der Waals surface area contributed by atoms with Gasteiger partial charge in [-0.15, -0.1) is 0 Å². The van der Waals surface area contributed by atoms with Gasteiger partial charge in [0.15, 0.2) is 6.10 Å². The van der Waals surface area contributed by atoms with Crippen LogP contribution in [0, 0.1) is 6.92 Å². The van der Waals surface area contributed by atoms with Gasteiger partial charge in [0.25, 0.3) is 11.8 Å². The number of furan rings is 1. The molecule has 1 N–H and O–H groups in total. The van der Waals surface area contributed by atoms with E-state index in [9.17, 15) is 9.59 Å². The first-order chi connectivity index (χ1) is 18.0. The molecular formula is C31H30N2O4. The third-order valence-electron chi connectivity index (χ3n) is 6.68. The van der Waals surface area contributed by atoms with E-state index >= 15 is 0 Å². The summed E-state index contributed by atoms with van der Waals surface area (Å²) in [6.45, 7) is 4.69. The van der Waals surface area contributed by atoms with E-state index in [2.05, 4.69) is 30.4 Å². The van der Waals surface area contributed by atoms with E-state index in [1.807, 2.05) is 65.6 Å². The van der Waals surface area contributed by atoms with Crippen LogP contribution in [0.15, 0.2) is 95.6 Å². The van der Waals surface area contributed by atoms with Crippen molar-refractivity contribution in [2.75, 3.05) is 6.54 Å². The van der Waals surface area contributed by atoms with Gasteiger partial charge < -0.3 is 19.4 Å². The molecule has 37 heavy (non-hydrogen) atoms. The van der Waals surface area contributed by atoms with Gasteiger partial charge in [0.2, 0.25) is 0 Å².